The number of aliphatic imine (C=N–C) groups is 1. The van der Waals surface area contributed by atoms with E-state index < -0.39 is 22.9 Å². The number of halogens is 4. The quantitative estimate of drug-likeness (QED) is 0.635. The van der Waals surface area contributed by atoms with Gasteiger partial charge in [-0.05, 0) is 25.2 Å². The summed E-state index contributed by atoms with van der Waals surface area (Å²) in [7, 11) is 0. The fraction of sp³-hybridized carbons (Fsp3) is 0.429. The highest BCUT2D eigenvalue weighted by Crippen LogP contribution is 2.40. The Balaban J connectivity index is 2.20. The van der Waals surface area contributed by atoms with Crippen molar-refractivity contribution >= 4 is 43.4 Å². The van der Waals surface area contributed by atoms with Crippen molar-refractivity contribution in [3.05, 3.63) is 36.0 Å². The smallest absolute Gasteiger partial charge is 0.193 e. The molecule has 0 spiro atoms. The van der Waals surface area contributed by atoms with Crippen molar-refractivity contribution < 1.29 is 13.6 Å². The van der Waals surface area contributed by atoms with Gasteiger partial charge in [-0.25, -0.2) is 8.78 Å². The van der Waals surface area contributed by atoms with Crippen LogP contribution in [0.4, 0.5) is 8.78 Å². The minimum atomic E-state index is -1.49. The first-order chi connectivity index (χ1) is 9.34. The van der Waals surface area contributed by atoms with Crippen LogP contribution in [0, 0.1) is 11.3 Å². The molecule has 1 heterocycles. The summed E-state index contributed by atoms with van der Waals surface area (Å²) in [6.45, 7) is 1.84. The third-order valence-corrected chi connectivity index (χ3v) is 4.85. The van der Waals surface area contributed by atoms with Crippen LogP contribution in [0.1, 0.15) is 13.3 Å². The Kier molecular flexibility index (Phi) is 4.74. The first kappa shape index (κ1) is 15.8. The average molecular weight is 409 g/mol. The second-order valence-electron chi connectivity index (χ2n) is 5.05. The fourth-order valence-electron chi connectivity index (χ4n) is 2.14. The van der Waals surface area contributed by atoms with E-state index in [1.54, 1.807) is 6.08 Å². The number of alkyl halides is 2. The predicted octanol–water partition coefficient (Wildman–Crippen LogP) is 4.42. The van der Waals surface area contributed by atoms with Crippen LogP contribution in [-0.2, 0) is 4.79 Å². The maximum atomic E-state index is 14.0. The van der Waals surface area contributed by atoms with Crippen LogP contribution >= 0.6 is 31.9 Å². The zero-order valence-corrected chi connectivity index (χ0v) is 13.9. The molecular formula is C14H13Br2F2NO. The zero-order chi connectivity index (χ0) is 14.9. The Morgan fingerprint density at radius 1 is 1.45 bits per heavy atom. The third kappa shape index (κ3) is 3.01. The second kappa shape index (κ2) is 6.02. The zero-order valence-electron chi connectivity index (χ0n) is 10.7. The van der Waals surface area contributed by atoms with Gasteiger partial charge in [-0.1, -0.05) is 37.9 Å². The third-order valence-electron chi connectivity index (χ3n) is 3.49. The highest BCUT2D eigenvalue weighted by atomic mass is 79.9. The van der Waals surface area contributed by atoms with Gasteiger partial charge in [-0.2, -0.15) is 0 Å². The van der Waals surface area contributed by atoms with E-state index in [0.29, 0.717) is 6.54 Å². The molecule has 0 N–H and O–H groups in total. The molecule has 0 aromatic heterocycles. The summed E-state index contributed by atoms with van der Waals surface area (Å²) in [5, 5.41) is 0. The normalized spacial score (nSPS) is 29.9. The number of allylic oxidation sites excluding steroid dienone is 5. The number of Topliss-reactive ketones (excluding diaryl/α,β-unsaturated/α-hetero) is 1. The van der Waals surface area contributed by atoms with Gasteiger partial charge in [-0.3, -0.25) is 9.79 Å². The first-order valence-corrected chi connectivity index (χ1v) is 7.95. The molecule has 20 heavy (non-hydrogen) atoms. The van der Waals surface area contributed by atoms with Crippen LogP contribution in [-0.4, -0.2) is 21.8 Å². The molecule has 2 rings (SSSR count). The van der Waals surface area contributed by atoms with Gasteiger partial charge in [0.2, 0.25) is 0 Å². The molecule has 0 amide bonds. The van der Waals surface area contributed by atoms with Gasteiger partial charge in [0, 0.05) is 18.9 Å². The van der Waals surface area contributed by atoms with Gasteiger partial charge in [0.1, 0.15) is 17.4 Å². The number of hydrogen-bond acceptors (Lipinski definition) is 2. The van der Waals surface area contributed by atoms with Gasteiger partial charge in [0.25, 0.3) is 0 Å². The van der Waals surface area contributed by atoms with Gasteiger partial charge < -0.3 is 0 Å². The lowest BCUT2D eigenvalue weighted by Crippen LogP contribution is -2.36. The molecule has 108 valence electrons. The van der Waals surface area contributed by atoms with Crippen molar-refractivity contribution in [3.63, 3.8) is 0 Å². The van der Waals surface area contributed by atoms with E-state index in [1.165, 1.54) is 6.92 Å². The van der Waals surface area contributed by atoms with Gasteiger partial charge in [-0.15, -0.1) is 0 Å². The number of dihydropyridines is 1. The monoisotopic (exact) mass is 407 g/mol. The first-order valence-electron chi connectivity index (χ1n) is 6.12. The summed E-state index contributed by atoms with van der Waals surface area (Å²) in [5.74, 6) is -1.48. The number of nitrogens with zero attached hydrogens (tertiary/aromatic N) is 1. The number of hydrogen-bond donors (Lipinski definition) is 0. The second-order valence-corrected chi connectivity index (χ2v) is 8.25. The summed E-state index contributed by atoms with van der Waals surface area (Å²) >= 11 is 6.77. The molecule has 0 fully saturated rings. The molecule has 0 saturated heterocycles. The maximum absolute atomic E-state index is 14.0. The largest absolute Gasteiger partial charge is 0.291 e. The molecule has 1 aliphatic heterocycles. The van der Waals surface area contributed by atoms with E-state index in [2.05, 4.69) is 36.9 Å². The minimum Gasteiger partial charge on any atom is -0.291 e. The molecular weight excluding hydrogens is 396 g/mol. The van der Waals surface area contributed by atoms with Crippen LogP contribution in [0.2, 0.25) is 0 Å². The van der Waals surface area contributed by atoms with Crippen LogP contribution in [0.5, 0.6) is 0 Å². The van der Waals surface area contributed by atoms with Crippen molar-refractivity contribution in [2.45, 2.75) is 17.1 Å². The van der Waals surface area contributed by atoms with Crippen LogP contribution in [0.15, 0.2) is 41.0 Å². The summed E-state index contributed by atoms with van der Waals surface area (Å²) in [6, 6.07) is 0. The lowest BCUT2D eigenvalue weighted by atomic mass is 9.76. The Labute approximate surface area is 133 Å². The Morgan fingerprint density at radius 3 is 2.70 bits per heavy atom. The van der Waals surface area contributed by atoms with E-state index in [9.17, 15) is 13.6 Å². The van der Waals surface area contributed by atoms with E-state index >= 15 is 0 Å². The van der Waals surface area contributed by atoms with Crippen molar-refractivity contribution in [3.8, 4) is 0 Å². The minimum absolute atomic E-state index is 0.0638. The van der Waals surface area contributed by atoms with Gasteiger partial charge in [0.15, 0.2) is 5.78 Å². The van der Waals surface area contributed by atoms with Gasteiger partial charge in [0.05, 0.1) is 9.15 Å². The Bertz CT molecular complexity index is 551. The standard InChI is InChI=1S/C14H13Br2F2NO/c1-14(6-9(17)3-5-11(14)18)12(20)10-4-2-8(7-19-10)13(15)16/h2-5,8,13H,6-7H2,1H3/t8?,14-/m0/s1. The van der Waals surface area contributed by atoms with Crippen LogP contribution in [0.3, 0.4) is 0 Å². The van der Waals surface area contributed by atoms with E-state index in [1.807, 2.05) is 6.08 Å². The van der Waals surface area contributed by atoms with Crippen molar-refractivity contribution in [2.75, 3.05) is 6.54 Å². The molecule has 0 radical (unpaired) electrons. The highest BCUT2D eigenvalue weighted by Gasteiger charge is 2.42. The van der Waals surface area contributed by atoms with Crippen molar-refractivity contribution in [1.82, 2.24) is 0 Å². The molecule has 0 saturated carbocycles. The maximum Gasteiger partial charge on any atom is 0.193 e. The molecule has 2 aliphatic rings. The summed E-state index contributed by atoms with van der Waals surface area (Å²) in [5.41, 5.74) is -1.29. The number of ketones is 1. The Hall–Kier alpha value is -0.620. The van der Waals surface area contributed by atoms with Crippen LogP contribution in [0.25, 0.3) is 0 Å². The van der Waals surface area contributed by atoms with Crippen molar-refractivity contribution in [1.29, 1.82) is 0 Å². The average Bonchev–Trinajstić information content (AvgIpc) is 2.42. The molecule has 2 atom stereocenters. The van der Waals surface area contributed by atoms with Crippen molar-refractivity contribution in [2.24, 2.45) is 16.3 Å². The lowest BCUT2D eigenvalue weighted by molar-refractivity contribution is -0.120. The summed E-state index contributed by atoms with van der Waals surface area (Å²) < 4.78 is 27.4. The van der Waals surface area contributed by atoms with E-state index in [-0.39, 0.29) is 21.8 Å². The molecule has 0 aromatic carbocycles. The molecule has 1 unspecified atom stereocenters. The molecule has 6 heteroatoms. The predicted molar refractivity (Wildman–Crippen MR) is 82.7 cm³/mol. The Morgan fingerprint density at radius 2 is 2.15 bits per heavy atom. The summed E-state index contributed by atoms with van der Waals surface area (Å²) in [6.07, 6.45) is 5.23. The number of carbonyl (C=O) groups is 1. The van der Waals surface area contributed by atoms with Gasteiger partial charge >= 0.3 is 0 Å². The SMILES string of the molecule is C[C@]1(C(=O)C2=NCC(C(Br)Br)C=C2)CC(F)=CC=C1F. The van der Waals surface area contributed by atoms with E-state index in [4.69, 9.17) is 0 Å². The molecule has 2 nitrogen and oxygen atoms in total. The fourth-order valence-corrected chi connectivity index (χ4v) is 2.83. The molecule has 1 aliphatic carbocycles. The molecule has 0 aromatic rings. The topological polar surface area (TPSA) is 29.4 Å². The molecule has 0 bridgehead atoms. The number of carbonyl (C=O) groups excluding carboxylic acids is 1. The number of rotatable bonds is 3. The lowest BCUT2D eigenvalue weighted by Gasteiger charge is -2.28. The van der Waals surface area contributed by atoms with E-state index in [0.717, 1.165) is 12.2 Å². The summed E-state index contributed by atoms with van der Waals surface area (Å²) in [4.78, 5) is 16.6. The highest BCUT2D eigenvalue weighted by molar-refractivity contribution is 9.24. The van der Waals surface area contributed by atoms with Crippen LogP contribution < -0.4 is 0 Å².